The SMILES string of the molecule is Cc1ccc(NC(=O)Nc2cccc(Cn3nc(C)c(CC(=O)O)c3C)c2)cc1. The van der Waals surface area contributed by atoms with E-state index in [0.717, 1.165) is 33.8 Å². The van der Waals surface area contributed by atoms with Gasteiger partial charge in [0.2, 0.25) is 0 Å². The summed E-state index contributed by atoms with van der Waals surface area (Å²) >= 11 is 0. The molecule has 150 valence electrons. The van der Waals surface area contributed by atoms with Gasteiger partial charge < -0.3 is 15.7 Å². The van der Waals surface area contributed by atoms with Crippen molar-refractivity contribution >= 4 is 23.4 Å². The number of hydrogen-bond donors (Lipinski definition) is 3. The van der Waals surface area contributed by atoms with Gasteiger partial charge in [-0.3, -0.25) is 9.48 Å². The number of carbonyl (C=O) groups excluding carboxylic acids is 1. The highest BCUT2D eigenvalue weighted by molar-refractivity contribution is 5.99. The van der Waals surface area contributed by atoms with Crippen LogP contribution in [0.5, 0.6) is 0 Å². The number of carbonyl (C=O) groups is 2. The Morgan fingerprint density at radius 2 is 1.69 bits per heavy atom. The molecule has 0 atom stereocenters. The van der Waals surface area contributed by atoms with E-state index in [-0.39, 0.29) is 12.5 Å². The summed E-state index contributed by atoms with van der Waals surface area (Å²) in [7, 11) is 0. The average Bonchev–Trinajstić information content (AvgIpc) is 2.91. The van der Waals surface area contributed by atoms with Crippen molar-refractivity contribution < 1.29 is 14.7 Å². The third-order valence-electron chi connectivity index (χ3n) is 4.69. The van der Waals surface area contributed by atoms with E-state index in [1.54, 1.807) is 4.68 Å². The van der Waals surface area contributed by atoms with Gasteiger partial charge in [0.15, 0.2) is 0 Å². The molecule has 0 aliphatic rings. The van der Waals surface area contributed by atoms with E-state index in [2.05, 4.69) is 15.7 Å². The van der Waals surface area contributed by atoms with Gasteiger partial charge in [0.25, 0.3) is 0 Å². The third-order valence-corrected chi connectivity index (χ3v) is 4.69. The molecule has 7 heteroatoms. The largest absolute Gasteiger partial charge is 0.481 e. The molecule has 2 amide bonds. The van der Waals surface area contributed by atoms with Crippen molar-refractivity contribution in [3.8, 4) is 0 Å². The minimum Gasteiger partial charge on any atom is -0.481 e. The fraction of sp³-hybridized carbons (Fsp3) is 0.227. The minimum absolute atomic E-state index is 0.0432. The molecule has 3 N–H and O–H groups in total. The zero-order valence-electron chi connectivity index (χ0n) is 16.7. The number of amides is 2. The molecule has 0 spiro atoms. The van der Waals surface area contributed by atoms with Crippen LogP contribution in [0, 0.1) is 20.8 Å². The maximum absolute atomic E-state index is 12.2. The first-order chi connectivity index (χ1) is 13.8. The van der Waals surface area contributed by atoms with Gasteiger partial charge >= 0.3 is 12.0 Å². The van der Waals surface area contributed by atoms with Gasteiger partial charge in [0.1, 0.15) is 0 Å². The summed E-state index contributed by atoms with van der Waals surface area (Å²) in [5, 5.41) is 19.2. The standard InChI is InChI=1S/C22H24N4O3/c1-14-7-9-18(10-8-14)23-22(29)24-19-6-4-5-17(11-19)13-26-16(3)20(12-21(27)28)15(2)25-26/h4-11H,12-13H2,1-3H3,(H,27,28)(H2,23,24,29). The molecule has 1 heterocycles. The van der Waals surface area contributed by atoms with Crippen LogP contribution in [0.3, 0.4) is 0 Å². The van der Waals surface area contributed by atoms with Gasteiger partial charge in [-0.25, -0.2) is 4.79 Å². The molecule has 0 fully saturated rings. The van der Waals surface area contributed by atoms with Gasteiger partial charge in [-0.05, 0) is 50.6 Å². The summed E-state index contributed by atoms with van der Waals surface area (Å²) in [6.45, 7) is 6.16. The zero-order chi connectivity index (χ0) is 21.0. The Kier molecular flexibility index (Phi) is 5.97. The molecule has 0 aliphatic carbocycles. The second kappa shape index (κ2) is 8.60. The molecule has 2 aromatic carbocycles. The molecule has 0 saturated carbocycles. The Labute approximate surface area is 169 Å². The second-order valence-electron chi connectivity index (χ2n) is 7.02. The third kappa shape index (κ3) is 5.22. The Hall–Kier alpha value is -3.61. The number of anilines is 2. The molecular formula is C22H24N4O3. The lowest BCUT2D eigenvalue weighted by molar-refractivity contribution is -0.136. The number of carboxylic acids is 1. The number of aliphatic carboxylic acids is 1. The molecule has 0 unspecified atom stereocenters. The molecule has 1 aromatic heterocycles. The number of nitrogens with zero attached hydrogens (tertiary/aromatic N) is 2. The Morgan fingerprint density at radius 3 is 2.38 bits per heavy atom. The van der Waals surface area contributed by atoms with Crippen molar-refractivity contribution in [1.82, 2.24) is 9.78 Å². The first kappa shape index (κ1) is 20.1. The molecule has 7 nitrogen and oxygen atoms in total. The van der Waals surface area contributed by atoms with Crippen molar-refractivity contribution in [2.24, 2.45) is 0 Å². The predicted octanol–water partition coefficient (Wildman–Crippen LogP) is 4.13. The van der Waals surface area contributed by atoms with Crippen LogP contribution in [0.2, 0.25) is 0 Å². The van der Waals surface area contributed by atoms with Crippen molar-refractivity contribution in [2.75, 3.05) is 10.6 Å². The number of carboxylic acid groups (broad SMARTS) is 1. The van der Waals surface area contributed by atoms with Gasteiger partial charge in [-0.2, -0.15) is 5.10 Å². The highest BCUT2D eigenvalue weighted by Crippen LogP contribution is 2.18. The van der Waals surface area contributed by atoms with Gasteiger partial charge in [-0.1, -0.05) is 29.8 Å². The highest BCUT2D eigenvalue weighted by atomic mass is 16.4. The normalized spacial score (nSPS) is 10.6. The van der Waals surface area contributed by atoms with E-state index in [0.29, 0.717) is 12.2 Å². The van der Waals surface area contributed by atoms with Crippen LogP contribution in [0.1, 0.15) is 28.1 Å². The van der Waals surface area contributed by atoms with Crippen LogP contribution in [0.15, 0.2) is 48.5 Å². The smallest absolute Gasteiger partial charge is 0.323 e. The van der Waals surface area contributed by atoms with Crippen molar-refractivity contribution in [3.05, 3.63) is 76.6 Å². The Morgan fingerprint density at radius 1 is 1.00 bits per heavy atom. The summed E-state index contributed by atoms with van der Waals surface area (Å²) in [5.41, 5.74) is 5.75. The summed E-state index contributed by atoms with van der Waals surface area (Å²) in [4.78, 5) is 23.3. The van der Waals surface area contributed by atoms with Gasteiger partial charge in [0, 0.05) is 22.6 Å². The molecule has 0 aliphatic heterocycles. The first-order valence-corrected chi connectivity index (χ1v) is 9.30. The molecule has 29 heavy (non-hydrogen) atoms. The minimum atomic E-state index is -0.874. The molecule has 0 bridgehead atoms. The molecule has 0 saturated heterocycles. The molecule has 3 aromatic rings. The number of benzene rings is 2. The van der Waals surface area contributed by atoms with Crippen molar-refractivity contribution in [2.45, 2.75) is 33.7 Å². The fourth-order valence-corrected chi connectivity index (χ4v) is 3.15. The number of nitrogens with one attached hydrogen (secondary N) is 2. The summed E-state index contributed by atoms with van der Waals surface area (Å²) in [5.74, 6) is -0.874. The lowest BCUT2D eigenvalue weighted by atomic mass is 10.1. The Bertz CT molecular complexity index is 1040. The van der Waals surface area contributed by atoms with Crippen LogP contribution in [0.4, 0.5) is 16.2 Å². The maximum atomic E-state index is 12.2. The topological polar surface area (TPSA) is 96.3 Å². The van der Waals surface area contributed by atoms with E-state index in [1.807, 2.05) is 69.3 Å². The number of aryl methyl sites for hydroxylation is 2. The van der Waals surface area contributed by atoms with Crippen LogP contribution < -0.4 is 10.6 Å². The molecule has 3 rings (SSSR count). The predicted molar refractivity (Wildman–Crippen MR) is 112 cm³/mol. The van der Waals surface area contributed by atoms with E-state index >= 15 is 0 Å². The fourth-order valence-electron chi connectivity index (χ4n) is 3.15. The number of urea groups is 1. The van der Waals surface area contributed by atoms with E-state index in [9.17, 15) is 9.59 Å². The van der Waals surface area contributed by atoms with E-state index in [1.165, 1.54) is 0 Å². The number of hydrogen-bond acceptors (Lipinski definition) is 3. The summed E-state index contributed by atoms with van der Waals surface area (Å²) in [6.07, 6.45) is -0.0432. The van der Waals surface area contributed by atoms with E-state index < -0.39 is 5.97 Å². The summed E-state index contributed by atoms with van der Waals surface area (Å²) < 4.78 is 1.79. The second-order valence-corrected chi connectivity index (χ2v) is 7.02. The van der Waals surface area contributed by atoms with Crippen molar-refractivity contribution in [1.29, 1.82) is 0 Å². The van der Waals surface area contributed by atoms with E-state index in [4.69, 9.17) is 5.11 Å². The van der Waals surface area contributed by atoms with Gasteiger partial charge in [-0.15, -0.1) is 0 Å². The highest BCUT2D eigenvalue weighted by Gasteiger charge is 2.14. The monoisotopic (exact) mass is 392 g/mol. The lowest BCUT2D eigenvalue weighted by Crippen LogP contribution is -2.19. The van der Waals surface area contributed by atoms with Crippen LogP contribution in [-0.2, 0) is 17.8 Å². The van der Waals surface area contributed by atoms with Gasteiger partial charge in [0.05, 0.1) is 18.7 Å². The molecule has 0 radical (unpaired) electrons. The first-order valence-electron chi connectivity index (χ1n) is 9.30. The zero-order valence-corrected chi connectivity index (χ0v) is 16.7. The van der Waals surface area contributed by atoms with Crippen molar-refractivity contribution in [3.63, 3.8) is 0 Å². The lowest BCUT2D eigenvalue weighted by Gasteiger charge is -2.10. The maximum Gasteiger partial charge on any atom is 0.323 e. The van der Waals surface area contributed by atoms with Crippen LogP contribution >= 0.6 is 0 Å². The van der Waals surface area contributed by atoms with Crippen LogP contribution in [-0.4, -0.2) is 26.9 Å². The average molecular weight is 392 g/mol. The molecular weight excluding hydrogens is 368 g/mol. The number of rotatable bonds is 6. The quantitative estimate of drug-likeness (QED) is 0.588. The summed E-state index contributed by atoms with van der Waals surface area (Å²) in [6, 6.07) is 14.7. The number of aromatic nitrogens is 2. The van der Waals surface area contributed by atoms with Crippen LogP contribution in [0.25, 0.3) is 0 Å². The Balaban J connectivity index is 1.69.